The molecule has 1 amide bonds. The average Bonchev–Trinajstić information content (AvgIpc) is 3.53. The van der Waals surface area contributed by atoms with Crippen molar-refractivity contribution in [2.24, 2.45) is 5.41 Å². The number of carbonyl (C=O) groups is 1. The van der Waals surface area contributed by atoms with Gasteiger partial charge in [0.05, 0.1) is 24.5 Å². The molecule has 2 N–H and O–H groups in total. The number of amides is 1. The van der Waals surface area contributed by atoms with Gasteiger partial charge in [0.25, 0.3) is 0 Å². The largest absolute Gasteiger partial charge is 0.494 e. The van der Waals surface area contributed by atoms with Crippen LogP contribution in [-0.2, 0) is 4.79 Å². The maximum Gasteiger partial charge on any atom is 0.229 e. The van der Waals surface area contributed by atoms with Crippen LogP contribution in [0, 0.1) is 11.2 Å². The van der Waals surface area contributed by atoms with Crippen LogP contribution >= 0.6 is 12.2 Å². The van der Waals surface area contributed by atoms with Gasteiger partial charge < -0.3 is 24.8 Å². The molecule has 7 nitrogen and oxygen atoms in total. The number of benzene rings is 2. The maximum atomic E-state index is 13.7. The highest BCUT2D eigenvalue weighted by Crippen LogP contribution is 2.44. The van der Waals surface area contributed by atoms with E-state index >= 15 is 0 Å². The Hall–Kier alpha value is -4.24. The Morgan fingerprint density at radius 2 is 1.79 bits per heavy atom. The van der Waals surface area contributed by atoms with Gasteiger partial charge in [0.15, 0.2) is 5.11 Å². The fourth-order valence-corrected chi connectivity index (χ4v) is 4.99. The zero-order chi connectivity index (χ0) is 27.7. The number of ether oxygens (including phenoxy) is 1. The number of aromatic nitrogens is 2. The fraction of sp³-hybridized carbons (Fsp3) is 0.233. The van der Waals surface area contributed by atoms with E-state index in [4.69, 9.17) is 17.0 Å². The molecule has 5 rings (SSSR count). The lowest BCUT2D eigenvalue weighted by atomic mass is 9.95. The molecule has 0 bridgehead atoms. The predicted molar refractivity (Wildman–Crippen MR) is 155 cm³/mol. The summed E-state index contributed by atoms with van der Waals surface area (Å²) in [5.74, 6) is 0.105. The molecule has 9 heteroatoms. The van der Waals surface area contributed by atoms with E-state index < -0.39 is 5.41 Å². The molecule has 0 unspecified atom stereocenters. The Labute approximate surface area is 232 Å². The third kappa shape index (κ3) is 5.22. The number of nitrogens with zero attached hydrogens (tertiary/aromatic N) is 3. The number of hydrogen-bond donors (Lipinski definition) is 2. The summed E-state index contributed by atoms with van der Waals surface area (Å²) >= 11 is 5.88. The number of thiocarbonyl (C=S) groups is 1. The number of pyridine rings is 1. The fourth-order valence-electron chi connectivity index (χ4n) is 4.65. The summed E-state index contributed by atoms with van der Waals surface area (Å²) in [5, 5.41) is 6.95. The monoisotopic (exact) mass is 543 g/mol. The van der Waals surface area contributed by atoms with Gasteiger partial charge in [0.2, 0.25) is 5.91 Å². The van der Waals surface area contributed by atoms with Crippen LogP contribution in [0.4, 0.5) is 15.8 Å². The van der Waals surface area contributed by atoms with Crippen LogP contribution < -0.4 is 20.3 Å². The first-order valence-corrected chi connectivity index (χ1v) is 13.0. The molecule has 1 fully saturated rings. The smallest absolute Gasteiger partial charge is 0.229 e. The summed E-state index contributed by atoms with van der Waals surface area (Å²) in [6, 6.07) is 21.2. The molecule has 200 valence electrons. The molecule has 2 aromatic carbocycles. The first-order valence-electron chi connectivity index (χ1n) is 12.6. The van der Waals surface area contributed by atoms with E-state index in [-0.39, 0.29) is 23.8 Å². The first-order chi connectivity index (χ1) is 18.7. The standard InChI is InChI=1S/C30H30FN5O2S/c1-30(2,3)28(37)33-22-15-14-21(18-25(22)38-4)36-27(26(34-29(36)39)23-8-5-6-16-32-23)24-9-7-17-35(24)20-12-10-19(31)11-13-20/h5-18,26-27H,1-4H3,(H,33,37)(H,34,39)/t26-,27-/m0/s1. The first kappa shape index (κ1) is 26.4. The van der Waals surface area contributed by atoms with E-state index in [0.717, 1.165) is 22.8 Å². The summed E-state index contributed by atoms with van der Waals surface area (Å²) in [6.45, 7) is 5.57. The van der Waals surface area contributed by atoms with Crippen LogP contribution in [0.15, 0.2) is 85.2 Å². The van der Waals surface area contributed by atoms with E-state index in [1.54, 1.807) is 25.4 Å². The quantitative estimate of drug-likeness (QED) is 0.283. The van der Waals surface area contributed by atoms with Crippen molar-refractivity contribution < 1.29 is 13.9 Å². The molecular formula is C30H30FN5O2S. The average molecular weight is 544 g/mol. The van der Waals surface area contributed by atoms with Crippen molar-refractivity contribution >= 4 is 34.6 Å². The molecule has 1 saturated heterocycles. The van der Waals surface area contributed by atoms with E-state index in [9.17, 15) is 9.18 Å². The number of rotatable bonds is 6. The van der Waals surface area contributed by atoms with Crippen molar-refractivity contribution in [3.05, 3.63) is 102 Å². The summed E-state index contributed by atoms with van der Waals surface area (Å²) < 4.78 is 21.4. The Balaban J connectivity index is 1.60. The molecule has 0 spiro atoms. The molecule has 2 atom stereocenters. The van der Waals surface area contributed by atoms with Gasteiger partial charge in [-0.05, 0) is 72.9 Å². The maximum absolute atomic E-state index is 13.7. The zero-order valence-corrected chi connectivity index (χ0v) is 23.0. The van der Waals surface area contributed by atoms with E-state index in [1.165, 1.54) is 12.1 Å². The molecule has 0 radical (unpaired) electrons. The topological polar surface area (TPSA) is 71.4 Å². The number of halogens is 1. The highest BCUT2D eigenvalue weighted by atomic mass is 32.1. The van der Waals surface area contributed by atoms with Crippen molar-refractivity contribution in [3.63, 3.8) is 0 Å². The van der Waals surface area contributed by atoms with Crippen LogP contribution in [0.1, 0.15) is 44.2 Å². The van der Waals surface area contributed by atoms with E-state index in [0.29, 0.717) is 16.5 Å². The Kier molecular flexibility index (Phi) is 7.10. The molecule has 2 aromatic heterocycles. The third-order valence-electron chi connectivity index (χ3n) is 6.68. The number of hydrogen-bond acceptors (Lipinski definition) is 4. The highest BCUT2D eigenvalue weighted by molar-refractivity contribution is 7.80. The van der Waals surface area contributed by atoms with Crippen molar-refractivity contribution in [2.75, 3.05) is 17.3 Å². The minimum Gasteiger partial charge on any atom is -0.494 e. The van der Waals surface area contributed by atoms with Gasteiger partial charge in [-0.15, -0.1) is 0 Å². The van der Waals surface area contributed by atoms with Gasteiger partial charge in [0.1, 0.15) is 17.6 Å². The van der Waals surface area contributed by atoms with Gasteiger partial charge in [0, 0.05) is 40.9 Å². The van der Waals surface area contributed by atoms with Gasteiger partial charge in [-0.2, -0.15) is 0 Å². The van der Waals surface area contributed by atoms with Crippen molar-refractivity contribution in [2.45, 2.75) is 32.9 Å². The number of anilines is 2. The van der Waals surface area contributed by atoms with Crippen LogP contribution in [0.5, 0.6) is 5.75 Å². The van der Waals surface area contributed by atoms with E-state index in [2.05, 4.69) is 15.6 Å². The second-order valence-corrected chi connectivity index (χ2v) is 10.8. The SMILES string of the molecule is COc1cc(N2C(=S)N[C@@H](c3ccccn3)[C@@H]2c2cccn2-c2ccc(F)cc2)ccc1NC(=O)C(C)(C)C. The number of carbonyl (C=O) groups excluding carboxylic acids is 1. The molecule has 0 aliphatic carbocycles. The second-order valence-electron chi connectivity index (χ2n) is 10.4. The minimum absolute atomic E-state index is 0.114. The zero-order valence-electron chi connectivity index (χ0n) is 22.2. The second kappa shape index (κ2) is 10.5. The minimum atomic E-state index is -0.559. The predicted octanol–water partition coefficient (Wildman–Crippen LogP) is 6.18. The van der Waals surface area contributed by atoms with Crippen LogP contribution in [0.25, 0.3) is 5.69 Å². The molecular weight excluding hydrogens is 513 g/mol. The Morgan fingerprint density at radius 1 is 1.05 bits per heavy atom. The number of methoxy groups -OCH3 is 1. The molecule has 4 aromatic rings. The van der Waals surface area contributed by atoms with Crippen molar-refractivity contribution in [1.29, 1.82) is 0 Å². The lowest BCUT2D eigenvalue weighted by molar-refractivity contribution is -0.123. The Morgan fingerprint density at radius 3 is 2.46 bits per heavy atom. The van der Waals surface area contributed by atoms with E-state index in [1.807, 2.05) is 85.0 Å². The molecule has 1 aliphatic rings. The van der Waals surface area contributed by atoms with Gasteiger partial charge in [-0.25, -0.2) is 4.39 Å². The summed E-state index contributed by atoms with van der Waals surface area (Å²) in [6.07, 6.45) is 3.71. The lowest BCUT2D eigenvalue weighted by Gasteiger charge is -2.29. The van der Waals surface area contributed by atoms with Crippen LogP contribution in [0.2, 0.25) is 0 Å². The summed E-state index contributed by atoms with van der Waals surface area (Å²) in [4.78, 5) is 19.3. The van der Waals surface area contributed by atoms with Gasteiger partial charge in [-0.3, -0.25) is 9.78 Å². The number of nitrogens with one attached hydrogen (secondary N) is 2. The molecule has 0 saturated carbocycles. The molecule has 1 aliphatic heterocycles. The van der Waals surface area contributed by atoms with Gasteiger partial charge in [-0.1, -0.05) is 26.8 Å². The Bertz CT molecular complexity index is 1500. The van der Waals surface area contributed by atoms with Crippen LogP contribution in [-0.4, -0.2) is 27.7 Å². The van der Waals surface area contributed by atoms with Crippen LogP contribution in [0.3, 0.4) is 0 Å². The van der Waals surface area contributed by atoms with Gasteiger partial charge >= 0.3 is 0 Å². The normalized spacial score (nSPS) is 17.2. The third-order valence-corrected chi connectivity index (χ3v) is 6.99. The lowest BCUT2D eigenvalue weighted by Crippen LogP contribution is -2.30. The highest BCUT2D eigenvalue weighted by Gasteiger charge is 2.42. The molecule has 3 heterocycles. The molecule has 39 heavy (non-hydrogen) atoms. The van der Waals surface area contributed by atoms with Crippen molar-refractivity contribution in [3.8, 4) is 11.4 Å². The van der Waals surface area contributed by atoms with Crippen molar-refractivity contribution in [1.82, 2.24) is 14.9 Å². The summed E-state index contributed by atoms with van der Waals surface area (Å²) in [5.41, 5.74) is 3.40. The summed E-state index contributed by atoms with van der Waals surface area (Å²) in [7, 11) is 1.57.